The number of carbonyl (C=O) groups excluding carboxylic acids is 2. The Balaban J connectivity index is 1.25. The van der Waals surface area contributed by atoms with Crippen LogP contribution in [0, 0.1) is 0 Å². The molecule has 1 saturated heterocycles. The van der Waals surface area contributed by atoms with Crippen LogP contribution in [0.3, 0.4) is 0 Å². The van der Waals surface area contributed by atoms with E-state index in [1.165, 1.54) is 33.8 Å². The number of hydrogen-bond acceptors (Lipinski definition) is 11. The van der Waals surface area contributed by atoms with E-state index in [1.807, 2.05) is 36.4 Å². The molecular weight excluding hydrogens is 536 g/mol. The molecule has 11 nitrogen and oxygen atoms in total. The number of para-hydroxylation sites is 1. The first-order valence-electron chi connectivity index (χ1n) is 11.0. The molecule has 37 heavy (non-hydrogen) atoms. The average Bonchev–Trinajstić information content (AvgIpc) is 3.32. The molecule has 1 fully saturated rings. The number of nitrogen functional groups attached to an aromatic ring is 1. The van der Waals surface area contributed by atoms with Gasteiger partial charge >= 0.3 is 5.97 Å². The van der Waals surface area contributed by atoms with E-state index in [0.29, 0.717) is 22.8 Å². The molecule has 0 aliphatic carbocycles. The van der Waals surface area contributed by atoms with Crippen molar-refractivity contribution in [1.82, 2.24) is 20.2 Å². The summed E-state index contributed by atoms with van der Waals surface area (Å²) in [7, 11) is 0. The van der Waals surface area contributed by atoms with Crippen LogP contribution in [0.5, 0.6) is 0 Å². The lowest BCUT2D eigenvalue weighted by molar-refractivity contribution is -0.150. The molecule has 2 aromatic heterocycles. The first kappa shape index (κ1) is 25.0. The van der Waals surface area contributed by atoms with Crippen molar-refractivity contribution in [2.75, 3.05) is 17.2 Å². The lowest BCUT2D eigenvalue weighted by atomic mass is 10.0. The van der Waals surface area contributed by atoms with Crippen LogP contribution in [0.1, 0.15) is 11.4 Å². The van der Waals surface area contributed by atoms with Crippen LogP contribution in [-0.4, -0.2) is 71.6 Å². The molecule has 2 aliphatic rings. The lowest BCUT2D eigenvalue weighted by Gasteiger charge is -2.49. The quantitative estimate of drug-likeness (QED) is 0.139. The maximum Gasteiger partial charge on any atom is 0.353 e. The molecule has 2 aliphatic heterocycles. The van der Waals surface area contributed by atoms with Gasteiger partial charge in [0.25, 0.3) is 11.8 Å². The van der Waals surface area contributed by atoms with Crippen LogP contribution in [0.25, 0.3) is 10.9 Å². The molecule has 0 unspecified atom stereocenters. The van der Waals surface area contributed by atoms with Crippen molar-refractivity contribution in [1.29, 1.82) is 0 Å². The van der Waals surface area contributed by atoms with Gasteiger partial charge in [-0.2, -0.15) is 0 Å². The Hall–Kier alpha value is -3.62. The fourth-order valence-electron chi connectivity index (χ4n) is 4.05. The summed E-state index contributed by atoms with van der Waals surface area (Å²) in [5, 5.41) is 26.8. The highest BCUT2D eigenvalue weighted by Gasteiger charge is 2.54. The van der Waals surface area contributed by atoms with Crippen LogP contribution in [0.15, 0.2) is 57.5 Å². The molecule has 3 aromatic rings. The zero-order chi connectivity index (χ0) is 26.1. The number of pyridine rings is 1. The van der Waals surface area contributed by atoms with Crippen molar-refractivity contribution in [2.24, 2.45) is 5.16 Å². The molecule has 2 atom stereocenters. The maximum absolute atomic E-state index is 12.9. The Morgan fingerprint density at radius 2 is 2.05 bits per heavy atom. The second-order valence-electron chi connectivity index (χ2n) is 8.05. The fraction of sp³-hybridized carbons (Fsp3) is 0.217. The number of fused-ring (bicyclic) bond motifs is 2. The minimum atomic E-state index is -1.20. The molecule has 4 heterocycles. The van der Waals surface area contributed by atoms with Gasteiger partial charge in [-0.3, -0.25) is 19.5 Å². The molecule has 190 valence electrons. The molecule has 14 heteroatoms. The minimum Gasteiger partial charge on any atom is -0.477 e. The number of rotatable bonds is 8. The summed E-state index contributed by atoms with van der Waals surface area (Å²) in [5.74, 6) is -1.59. The smallest absolute Gasteiger partial charge is 0.353 e. The summed E-state index contributed by atoms with van der Waals surface area (Å²) < 4.78 is 0. The number of nitrogens with one attached hydrogen (secondary N) is 1. The van der Waals surface area contributed by atoms with Crippen LogP contribution >= 0.6 is 34.9 Å². The van der Waals surface area contributed by atoms with Gasteiger partial charge in [0, 0.05) is 32.9 Å². The van der Waals surface area contributed by atoms with E-state index < -0.39 is 29.2 Å². The number of aromatic nitrogens is 2. The van der Waals surface area contributed by atoms with E-state index in [9.17, 15) is 24.7 Å². The van der Waals surface area contributed by atoms with Crippen molar-refractivity contribution in [3.8, 4) is 0 Å². The predicted molar refractivity (Wildman–Crippen MR) is 142 cm³/mol. The van der Waals surface area contributed by atoms with Gasteiger partial charge in [-0.15, -0.1) is 34.9 Å². The number of nitrogens with two attached hydrogens (primary N) is 1. The van der Waals surface area contributed by atoms with E-state index in [0.717, 1.165) is 27.9 Å². The number of aryl methyl sites for hydroxylation is 1. The molecular formula is C23H20N6O5S3. The van der Waals surface area contributed by atoms with Crippen molar-refractivity contribution in [2.45, 2.75) is 17.8 Å². The summed E-state index contributed by atoms with van der Waals surface area (Å²) in [4.78, 5) is 48.0. The predicted octanol–water partition coefficient (Wildman–Crippen LogP) is 2.12. The number of anilines is 1. The first-order valence-corrected chi connectivity index (χ1v) is 13.9. The van der Waals surface area contributed by atoms with Crippen LogP contribution in [0.2, 0.25) is 0 Å². The molecule has 0 bridgehead atoms. The number of carboxylic acid groups (broad SMARTS) is 1. The monoisotopic (exact) mass is 556 g/mol. The first-order chi connectivity index (χ1) is 17.9. The van der Waals surface area contributed by atoms with Gasteiger partial charge in [-0.05, 0) is 18.6 Å². The topological polar surface area (TPSA) is 171 Å². The van der Waals surface area contributed by atoms with Crippen molar-refractivity contribution in [3.63, 3.8) is 0 Å². The number of β-lactam (4-membered cyclic amide) rings is 1. The molecule has 0 spiro atoms. The Morgan fingerprint density at radius 1 is 1.24 bits per heavy atom. The summed E-state index contributed by atoms with van der Waals surface area (Å²) in [6.45, 7) is 0. The van der Waals surface area contributed by atoms with Gasteiger partial charge in [0.15, 0.2) is 10.8 Å². The summed E-state index contributed by atoms with van der Waals surface area (Å²) >= 11 is 3.81. The third-order valence-corrected chi connectivity index (χ3v) is 9.02. The van der Waals surface area contributed by atoms with Crippen molar-refractivity contribution >= 4 is 74.4 Å². The number of benzene rings is 1. The number of thioether (sulfide) groups is 2. The second-order valence-corrected chi connectivity index (χ2v) is 11.2. The number of nitrogens with zero attached hydrogens (tertiary/aromatic N) is 4. The Kier molecular flexibility index (Phi) is 7.04. The average molecular weight is 557 g/mol. The highest BCUT2D eigenvalue weighted by Crippen LogP contribution is 2.43. The zero-order valence-electron chi connectivity index (χ0n) is 19.0. The number of hydrogen-bond donors (Lipinski definition) is 4. The SMILES string of the molecule is Nc1nc(/C(=N/O)C(=O)N[C@@H]2C(=O)N3C(C(=O)O)=C(SCCc4ccc5ccccc5n4)CS[C@H]23)cs1. The third-order valence-electron chi connectivity index (χ3n) is 5.79. The number of amides is 2. The van der Waals surface area contributed by atoms with Gasteiger partial charge in [0.2, 0.25) is 0 Å². The Morgan fingerprint density at radius 3 is 2.78 bits per heavy atom. The molecule has 1 aromatic carbocycles. The van der Waals surface area contributed by atoms with Gasteiger partial charge in [-0.25, -0.2) is 9.78 Å². The summed E-state index contributed by atoms with van der Waals surface area (Å²) in [6, 6.07) is 10.8. The van der Waals surface area contributed by atoms with E-state index in [-0.39, 0.29) is 22.2 Å². The highest BCUT2D eigenvalue weighted by molar-refractivity contribution is 8.06. The standard InChI is InChI=1S/C23H20N6O5S3/c24-23-26-14(9-37-23)16(28-34)19(30)27-17-20(31)29-18(22(32)33)15(10-36-21(17)29)35-8-7-12-6-5-11-3-1-2-4-13(11)25-12/h1-6,9,17,21,34H,7-8,10H2,(H2,24,26)(H,27,30)(H,32,33)/b28-16-/t17-,21-/m1/s1. The van der Waals surface area contributed by atoms with E-state index in [1.54, 1.807) is 0 Å². The van der Waals surface area contributed by atoms with Gasteiger partial charge in [-0.1, -0.05) is 29.4 Å². The molecule has 2 amide bonds. The van der Waals surface area contributed by atoms with Crippen LogP contribution < -0.4 is 11.1 Å². The van der Waals surface area contributed by atoms with E-state index in [2.05, 4.69) is 20.4 Å². The Bertz CT molecular complexity index is 1470. The number of oxime groups is 1. The molecule has 0 radical (unpaired) electrons. The molecule has 0 saturated carbocycles. The van der Waals surface area contributed by atoms with Crippen LogP contribution in [0.4, 0.5) is 5.13 Å². The minimum absolute atomic E-state index is 0.0703. The number of carbonyl (C=O) groups is 3. The second kappa shape index (κ2) is 10.4. The number of thiazole rings is 1. The van der Waals surface area contributed by atoms with Gasteiger partial charge in [0.05, 0.1) is 5.52 Å². The third kappa shape index (κ3) is 4.86. The van der Waals surface area contributed by atoms with Crippen molar-refractivity contribution in [3.05, 3.63) is 63.8 Å². The largest absolute Gasteiger partial charge is 0.477 e. The van der Waals surface area contributed by atoms with Gasteiger partial charge in [0.1, 0.15) is 22.8 Å². The number of aliphatic carboxylic acids is 1. The fourth-order valence-corrected chi connectivity index (χ4v) is 7.21. The zero-order valence-corrected chi connectivity index (χ0v) is 21.5. The van der Waals surface area contributed by atoms with Crippen molar-refractivity contribution < 1.29 is 24.7 Å². The lowest BCUT2D eigenvalue weighted by Crippen LogP contribution is -2.71. The van der Waals surface area contributed by atoms with Gasteiger partial charge < -0.3 is 21.4 Å². The van der Waals surface area contributed by atoms with Crippen LogP contribution in [-0.2, 0) is 20.8 Å². The summed E-state index contributed by atoms with van der Waals surface area (Å²) in [5.41, 5.74) is 7.00. The maximum atomic E-state index is 12.9. The summed E-state index contributed by atoms with van der Waals surface area (Å²) in [6.07, 6.45) is 0.636. The highest BCUT2D eigenvalue weighted by atomic mass is 32.2. The van der Waals surface area contributed by atoms with E-state index >= 15 is 0 Å². The molecule has 5 rings (SSSR count). The van der Waals surface area contributed by atoms with E-state index in [4.69, 9.17) is 5.73 Å². The molecule has 5 N–H and O–H groups in total. The Labute approximate surface area is 222 Å². The normalized spacial score (nSPS) is 19.5. The number of carboxylic acids is 1.